The molecule has 1 amide bonds. The summed E-state index contributed by atoms with van der Waals surface area (Å²) >= 11 is 0. The second-order valence-electron chi connectivity index (χ2n) is 2.73. The molecule has 0 aliphatic rings. The lowest BCUT2D eigenvalue weighted by atomic mass is 10.2. The summed E-state index contributed by atoms with van der Waals surface area (Å²) in [5, 5.41) is 13.5. The van der Waals surface area contributed by atoms with E-state index in [9.17, 15) is 13.2 Å². The summed E-state index contributed by atoms with van der Waals surface area (Å²) in [6, 6.07) is 3.30. The van der Waals surface area contributed by atoms with Crippen LogP contribution in [0.15, 0.2) is 23.1 Å². The number of nitrogens with one attached hydrogen (secondary N) is 1. The topological polar surface area (TPSA) is 136 Å². The number of anilines is 1. The van der Waals surface area contributed by atoms with E-state index in [0.717, 1.165) is 12.1 Å². The monoisotopic (exact) mass is 231 g/mol. The Balaban J connectivity index is 3.42. The molecule has 6 N–H and O–H groups in total. The molecule has 1 rings (SSSR count). The van der Waals surface area contributed by atoms with Crippen molar-refractivity contribution in [3.8, 4) is 0 Å². The molecule has 0 aliphatic carbocycles. The summed E-state index contributed by atoms with van der Waals surface area (Å²) in [6.07, 6.45) is 0. The fourth-order valence-corrected chi connectivity index (χ4v) is 1.54. The van der Waals surface area contributed by atoms with Crippen LogP contribution in [0, 0.1) is 0 Å². The number of primary sulfonamides is 1. The Bertz CT molecular complexity index is 497. The van der Waals surface area contributed by atoms with E-state index < -0.39 is 15.9 Å². The van der Waals surface area contributed by atoms with Crippen LogP contribution in [0.1, 0.15) is 10.4 Å². The zero-order valence-corrected chi connectivity index (χ0v) is 8.28. The van der Waals surface area contributed by atoms with Crippen molar-refractivity contribution in [2.75, 3.05) is 5.48 Å². The van der Waals surface area contributed by atoms with Crippen LogP contribution < -0.4 is 16.4 Å². The smallest absolute Gasteiger partial charge is 0.250 e. The Kier molecular flexibility index (Phi) is 2.93. The zero-order valence-electron chi connectivity index (χ0n) is 7.47. The molecule has 0 bridgehead atoms. The van der Waals surface area contributed by atoms with Gasteiger partial charge in [-0.05, 0) is 18.2 Å². The average Bonchev–Trinajstić information content (AvgIpc) is 2.15. The fraction of sp³-hybridized carbons (Fsp3) is 0. The molecule has 0 saturated carbocycles. The van der Waals surface area contributed by atoms with Gasteiger partial charge < -0.3 is 5.73 Å². The number of carbonyl (C=O) groups excluding carboxylic acids is 1. The molecule has 82 valence electrons. The first-order valence-electron chi connectivity index (χ1n) is 3.73. The summed E-state index contributed by atoms with van der Waals surface area (Å²) < 4.78 is 21.9. The van der Waals surface area contributed by atoms with Crippen molar-refractivity contribution < 1.29 is 18.4 Å². The van der Waals surface area contributed by atoms with E-state index in [2.05, 4.69) is 0 Å². The summed E-state index contributed by atoms with van der Waals surface area (Å²) in [4.78, 5) is 10.6. The van der Waals surface area contributed by atoms with Gasteiger partial charge >= 0.3 is 0 Å². The highest BCUT2D eigenvalue weighted by atomic mass is 32.2. The maximum Gasteiger partial charge on any atom is 0.250 e. The van der Waals surface area contributed by atoms with E-state index in [4.69, 9.17) is 16.1 Å². The molecule has 8 heteroatoms. The Labute approximate surface area is 85.7 Å². The third kappa shape index (κ3) is 2.43. The van der Waals surface area contributed by atoms with Gasteiger partial charge in [-0.3, -0.25) is 15.5 Å². The lowest BCUT2D eigenvalue weighted by molar-refractivity contribution is 0.1000. The standard InChI is InChI=1S/C7H9N3O4S/c8-7(11)5-3-4(15(9,13)14)1-2-6(5)10-12/h1-3,10,12H,(H2,8,11)(H2,9,13,14). The lowest BCUT2D eigenvalue weighted by Crippen LogP contribution is -2.17. The van der Waals surface area contributed by atoms with Crippen LogP contribution in [0.4, 0.5) is 5.69 Å². The third-order valence-corrected chi connectivity index (χ3v) is 2.62. The normalized spacial score (nSPS) is 11.1. The van der Waals surface area contributed by atoms with Gasteiger partial charge in [0.15, 0.2) is 0 Å². The Hall–Kier alpha value is -1.64. The summed E-state index contributed by atoms with van der Waals surface area (Å²) in [6.45, 7) is 0. The third-order valence-electron chi connectivity index (χ3n) is 1.71. The highest BCUT2D eigenvalue weighted by Gasteiger charge is 2.14. The molecule has 0 aromatic heterocycles. The number of hydrogen-bond donors (Lipinski definition) is 4. The predicted molar refractivity (Wildman–Crippen MR) is 51.7 cm³/mol. The molecule has 0 atom stereocenters. The number of rotatable bonds is 3. The molecule has 15 heavy (non-hydrogen) atoms. The van der Waals surface area contributed by atoms with Gasteiger partial charge in [0.2, 0.25) is 10.0 Å². The van der Waals surface area contributed by atoms with Crippen molar-refractivity contribution in [1.82, 2.24) is 0 Å². The van der Waals surface area contributed by atoms with Gasteiger partial charge in [0.05, 0.1) is 16.1 Å². The van der Waals surface area contributed by atoms with Gasteiger partial charge in [-0.2, -0.15) is 0 Å². The van der Waals surface area contributed by atoms with Gasteiger partial charge in [0.1, 0.15) is 0 Å². The summed E-state index contributed by atoms with van der Waals surface area (Å²) in [7, 11) is -3.90. The van der Waals surface area contributed by atoms with Gasteiger partial charge in [-0.1, -0.05) is 0 Å². The number of hydrogen-bond acceptors (Lipinski definition) is 5. The van der Waals surface area contributed by atoms with E-state index in [-0.39, 0.29) is 16.1 Å². The van der Waals surface area contributed by atoms with Gasteiger partial charge in [0, 0.05) is 0 Å². The molecule has 1 aromatic rings. The molecule has 0 fully saturated rings. The fourth-order valence-electron chi connectivity index (χ4n) is 1.00. The second kappa shape index (κ2) is 3.85. The minimum atomic E-state index is -3.90. The lowest BCUT2D eigenvalue weighted by Gasteiger charge is -2.06. The molecule has 0 spiro atoms. The van der Waals surface area contributed by atoms with Crippen molar-refractivity contribution in [1.29, 1.82) is 0 Å². The number of benzene rings is 1. The minimum absolute atomic E-state index is 0.00917. The Morgan fingerprint density at radius 3 is 2.40 bits per heavy atom. The average molecular weight is 231 g/mol. The number of nitrogens with two attached hydrogens (primary N) is 2. The molecule has 1 aromatic carbocycles. The highest BCUT2D eigenvalue weighted by molar-refractivity contribution is 7.89. The van der Waals surface area contributed by atoms with Crippen LogP contribution in [0.2, 0.25) is 0 Å². The zero-order chi connectivity index (χ0) is 11.6. The summed E-state index contributed by atoms with van der Waals surface area (Å²) in [5.74, 6) is -0.878. The minimum Gasteiger partial charge on any atom is -0.366 e. The maximum atomic E-state index is 11.0. The number of amides is 1. The van der Waals surface area contributed by atoms with Gasteiger partial charge in [0.25, 0.3) is 5.91 Å². The quantitative estimate of drug-likeness (QED) is 0.506. The largest absolute Gasteiger partial charge is 0.366 e. The van der Waals surface area contributed by atoms with Crippen LogP contribution in [-0.2, 0) is 10.0 Å². The Morgan fingerprint density at radius 1 is 1.40 bits per heavy atom. The van der Waals surface area contributed by atoms with Gasteiger partial charge in [-0.15, -0.1) is 0 Å². The second-order valence-corrected chi connectivity index (χ2v) is 4.29. The molecular formula is C7H9N3O4S. The van der Waals surface area contributed by atoms with E-state index in [1.54, 1.807) is 5.48 Å². The number of carbonyl (C=O) groups is 1. The van der Waals surface area contributed by atoms with Crippen molar-refractivity contribution in [2.45, 2.75) is 4.90 Å². The Morgan fingerprint density at radius 2 is 2.00 bits per heavy atom. The first kappa shape index (κ1) is 11.4. The van der Waals surface area contributed by atoms with Crippen molar-refractivity contribution in [3.05, 3.63) is 23.8 Å². The SMILES string of the molecule is NC(=O)c1cc(S(N)(=O)=O)ccc1NO. The van der Waals surface area contributed by atoms with Crippen LogP contribution in [-0.4, -0.2) is 19.5 Å². The molecule has 0 aliphatic heterocycles. The molecule has 0 unspecified atom stereocenters. The first-order chi connectivity index (χ1) is 6.86. The molecule has 0 heterocycles. The van der Waals surface area contributed by atoms with Crippen LogP contribution in [0.25, 0.3) is 0 Å². The van der Waals surface area contributed by atoms with Crippen molar-refractivity contribution in [3.63, 3.8) is 0 Å². The molecule has 0 radical (unpaired) electrons. The molecule has 0 saturated heterocycles. The van der Waals surface area contributed by atoms with Crippen LogP contribution in [0.5, 0.6) is 0 Å². The van der Waals surface area contributed by atoms with Crippen molar-refractivity contribution in [2.24, 2.45) is 10.9 Å². The van der Waals surface area contributed by atoms with Gasteiger partial charge in [-0.25, -0.2) is 13.6 Å². The highest BCUT2D eigenvalue weighted by Crippen LogP contribution is 2.18. The maximum absolute atomic E-state index is 11.0. The van der Waals surface area contributed by atoms with Crippen molar-refractivity contribution >= 4 is 21.6 Å². The predicted octanol–water partition coefficient (Wildman–Crippen LogP) is -0.766. The first-order valence-corrected chi connectivity index (χ1v) is 5.27. The van der Waals surface area contributed by atoms with E-state index in [0.29, 0.717) is 0 Å². The number of primary amides is 1. The van der Waals surface area contributed by atoms with Crippen LogP contribution >= 0.6 is 0 Å². The van der Waals surface area contributed by atoms with E-state index >= 15 is 0 Å². The number of sulfonamides is 1. The molecular weight excluding hydrogens is 222 g/mol. The van der Waals surface area contributed by atoms with Crippen LogP contribution in [0.3, 0.4) is 0 Å². The van der Waals surface area contributed by atoms with E-state index in [1.165, 1.54) is 6.07 Å². The molecule has 7 nitrogen and oxygen atoms in total. The van der Waals surface area contributed by atoms with E-state index in [1.807, 2.05) is 0 Å². The summed E-state index contributed by atoms with van der Waals surface area (Å²) in [5.41, 5.74) is 6.54.